The summed E-state index contributed by atoms with van der Waals surface area (Å²) >= 11 is 0. The average Bonchev–Trinajstić information content (AvgIpc) is 2.84. The Morgan fingerprint density at radius 2 is 2.05 bits per heavy atom. The van der Waals surface area contributed by atoms with Crippen molar-refractivity contribution in [3.05, 3.63) is 47.5 Å². The molecule has 3 aromatic rings. The summed E-state index contributed by atoms with van der Waals surface area (Å²) in [6.07, 6.45) is 1.31. The summed E-state index contributed by atoms with van der Waals surface area (Å²) in [5, 5.41) is 4.59. The van der Waals surface area contributed by atoms with Crippen LogP contribution in [-0.2, 0) is 6.54 Å². The Labute approximate surface area is 119 Å². The van der Waals surface area contributed by atoms with Crippen LogP contribution in [0.25, 0.3) is 11.0 Å². The minimum Gasteiger partial charge on any atom is -0.356 e. The summed E-state index contributed by atoms with van der Waals surface area (Å²) < 4.78 is 32.2. The van der Waals surface area contributed by atoms with Crippen LogP contribution < -0.4 is 4.90 Å². The molecular formula is C14H12F2N4O. The molecule has 21 heavy (non-hydrogen) atoms. The third-order valence-corrected chi connectivity index (χ3v) is 3.20. The first-order valence-corrected chi connectivity index (χ1v) is 6.28. The van der Waals surface area contributed by atoms with Crippen LogP contribution in [0.3, 0.4) is 0 Å². The number of anilines is 1. The third kappa shape index (κ3) is 2.42. The Balaban J connectivity index is 1.93. The largest absolute Gasteiger partial charge is 0.356 e. The molecule has 0 aliphatic carbocycles. The molecule has 5 nitrogen and oxygen atoms in total. The fraction of sp³-hybridized carbons (Fsp3) is 0.214. The second-order valence-electron chi connectivity index (χ2n) is 4.72. The van der Waals surface area contributed by atoms with Crippen LogP contribution in [0, 0.1) is 18.6 Å². The fourth-order valence-electron chi connectivity index (χ4n) is 2.09. The average molecular weight is 290 g/mol. The Hall–Kier alpha value is -2.57. The Bertz CT molecular complexity index is 803. The zero-order chi connectivity index (χ0) is 15.0. The second-order valence-corrected chi connectivity index (χ2v) is 4.72. The highest BCUT2D eigenvalue weighted by Crippen LogP contribution is 2.23. The van der Waals surface area contributed by atoms with Crippen molar-refractivity contribution in [1.29, 1.82) is 0 Å². The van der Waals surface area contributed by atoms with Crippen molar-refractivity contribution < 1.29 is 13.3 Å². The van der Waals surface area contributed by atoms with Crippen molar-refractivity contribution in [3.8, 4) is 0 Å². The van der Waals surface area contributed by atoms with Gasteiger partial charge in [-0.2, -0.15) is 0 Å². The van der Waals surface area contributed by atoms with Crippen LogP contribution in [0.5, 0.6) is 0 Å². The van der Waals surface area contributed by atoms with Gasteiger partial charge in [-0.05, 0) is 19.1 Å². The molecule has 0 fully saturated rings. The lowest BCUT2D eigenvalue weighted by atomic mass is 10.2. The number of benzene rings is 1. The van der Waals surface area contributed by atoms with Gasteiger partial charge in [0.05, 0.1) is 12.2 Å². The molecule has 0 saturated heterocycles. The summed E-state index contributed by atoms with van der Waals surface area (Å²) in [6, 6.07) is 4.19. The van der Waals surface area contributed by atoms with Crippen molar-refractivity contribution in [2.75, 3.05) is 11.9 Å². The van der Waals surface area contributed by atoms with Gasteiger partial charge in [0, 0.05) is 18.5 Å². The molecule has 0 radical (unpaired) electrons. The SMILES string of the molecule is Cc1ncnc(N(C)Cc2noc3cc(F)ccc23)c1F. The van der Waals surface area contributed by atoms with Gasteiger partial charge in [0.1, 0.15) is 17.8 Å². The van der Waals surface area contributed by atoms with Crippen molar-refractivity contribution >= 4 is 16.8 Å². The van der Waals surface area contributed by atoms with Crippen LogP contribution in [0.4, 0.5) is 14.6 Å². The molecular weight excluding hydrogens is 278 g/mol. The van der Waals surface area contributed by atoms with Gasteiger partial charge < -0.3 is 9.42 Å². The van der Waals surface area contributed by atoms with Crippen LogP contribution >= 0.6 is 0 Å². The fourth-order valence-corrected chi connectivity index (χ4v) is 2.09. The normalized spacial score (nSPS) is 11.0. The number of hydrogen-bond acceptors (Lipinski definition) is 5. The van der Waals surface area contributed by atoms with Crippen molar-refractivity contribution in [2.24, 2.45) is 0 Å². The number of nitrogens with zero attached hydrogens (tertiary/aromatic N) is 4. The van der Waals surface area contributed by atoms with Crippen LogP contribution in [-0.4, -0.2) is 22.2 Å². The molecule has 0 spiro atoms. The van der Waals surface area contributed by atoms with Gasteiger partial charge >= 0.3 is 0 Å². The predicted molar refractivity (Wildman–Crippen MR) is 72.8 cm³/mol. The number of hydrogen-bond donors (Lipinski definition) is 0. The van der Waals surface area contributed by atoms with E-state index in [9.17, 15) is 8.78 Å². The quantitative estimate of drug-likeness (QED) is 0.742. The van der Waals surface area contributed by atoms with E-state index in [4.69, 9.17) is 4.52 Å². The van der Waals surface area contributed by atoms with Gasteiger partial charge in [-0.15, -0.1) is 0 Å². The summed E-state index contributed by atoms with van der Waals surface area (Å²) in [5.41, 5.74) is 1.22. The topological polar surface area (TPSA) is 55.1 Å². The van der Waals surface area contributed by atoms with E-state index < -0.39 is 11.6 Å². The Morgan fingerprint density at radius 1 is 1.24 bits per heavy atom. The van der Waals surface area contributed by atoms with Gasteiger partial charge in [-0.3, -0.25) is 0 Å². The van der Waals surface area contributed by atoms with E-state index in [-0.39, 0.29) is 18.1 Å². The minimum absolute atomic E-state index is 0.181. The van der Waals surface area contributed by atoms with E-state index in [0.29, 0.717) is 16.7 Å². The molecule has 0 atom stereocenters. The van der Waals surface area contributed by atoms with E-state index in [1.54, 1.807) is 24.9 Å². The molecule has 7 heteroatoms. The van der Waals surface area contributed by atoms with Crippen molar-refractivity contribution in [1.82, 2.24) is 15.1 Å². The van der Waals surface area contributed by atoms with Gasteiger partial charge in [0.2, 0.25) is 0 Å². The Morgan fingerprint density at radius 3 is 2.86 bits per heavy atom. The van der Waals surface area contributed by atoms with Crippen molar-refractivity contribution in [3.63, 3.8) is 0 Å². The highest BCUT2D eigenvalue weighted by Gasteiger charge is 2.16. The molecule has 0 amide bonds. The van der Waals surface area contributed by atoms with E-state index in [1.807, 2.05) is 0 Å². The first-order valence-electron chi connectivity index (χ1n) is 6.28. The van der Waals surface area contributed by atoms with Gasteiger partial charge in [0.25, 0.3) is 0 Å². The molecule has 2 aromatic heterocycles. The summed E-state index contributed by atoms with van der Waals surface area (Å²) in [6.45, 7) is 1.86. The second kappa shape index (κ2) is 5.08. The molecule has 0 bridgehead atoms. The minimum atomic E-state index is -0.473. The number of fused-ring (bicyclic) bond motifs is 1. The molecule has 0 N–H and O–H groups in total. The molecule has 0 saturated carbocycles. The maximum absolute atomic E-state index is 14.0. The number of halogens is 2. The first-order chi connectivity index (χ1) is 10.1. The van der Waals surface area contributed by atoms with Crippen molar-refractivity contribution in [2.45, 2.75) is 13.5 Å². The maximum Gasteiger partial charge on any atom is 0.186 e. The highest BCUT2D eigenvalue weighted by molar-refractivity contribution is 5.79. The predicted octanol–water partition coefficient (Wildman–Crippen LogP) is 2.84. The lowest BCUT2D eigenvalue weighted by Gasteiger charge is -2.17. The van der Waals surface area contributed by atoms with Crippen LogP contribution in [0.15, 0.2) is 29.0 Å². The number of aryl methyl sites for hydroxylation is 1. The van der Waals surface area contributed by atoms with Crippen LogP contribution in [0.2, 0.25) is 0 Å². The van der Waals surface area contributed by atoms with Gasteiger partial charge in [0.15, 0.2) is 17.2 Å². The molecule has 3 rings (SSSR count). The molecule has 0 unspecified atom stereocenters. The van der Waals surface area contributed by atoms with E-state index >= 15 is 0 Å². The Kier molecular flexibility index (Phi) is 3.25. The first kappa shape index (κ1) is 13.4. The molecule has 0 aliphatic heterocycles. The third-order valence-electron chi connectivity index (χ3n) is 3.20. The molecule has 0 aliphatic rings. The summed E-state index contributed by atoms with van der Waals surface area (Å²) in [5.74, 6) is -0.685. The standard InChI is InChI=1S/C14H12F2N4O/c1-8-13(16)14(18-7-17-8)20(2)6-11-10-4-3-9(15)5-12(10)21-19-11/h3-5,7H,6H2,1-2H3. The lowest BCUT2D eigenvalue weighted by Crippen LogP contribution is -2.20. The molecule has 1 aromatic carbocycles. The molecule has 2 heterocycles. The zero-order valence-electron chi connectivity index (χ0n) is 11.5. The van der Waals surface area contributed by atoms with Gasteiger partial charge in [-0.1, -0.05) is 5.16 Å². The highest BCUT2D eigenvalue weighted by atomic mass is 19.1. The summed E-state index contributed by atoms with van der Waals surface area (Å²) in [4.78, 5) is 9.33. The summed E-state index contributed by atoms with van der Waals surface area (Å²) in [7, 11) is 1.69. The zero-order valence-corrected chi connectivity index (χ0v) is 11.5. The van der Waals surface area contributed by atoms with Gasteiger partial charge in [-0.25, -0.2) is 18.7 Å². The van der Waals surface area contributed by atoms with E-state index in [0.717, 1.165) is 0 Å². The van der Waals surface area contributed by atoms with Crippen LogP contribution in [0.1, 0.15) is 11.4 Å². The monoisotopic (exact) mass is 290 g/mol. The smallest absolute Gasteiger partial charge is 0.186 e. The number of rotatable bonds is 3. The maximum atomic E-state index is 14.0. The van der Waals surface area contributed by atoms with E-state index in [2.05, 4.69) is 15.1 Å². The number of aromatic nitrogens is 3. The lowest BCUT2D eigenvalue weighted by molar-refractivity contribution is 0.444. The molecule has 108 valence electrons. The van der Waals surface area contributed by atoms with E-state index in [1.165, 1.54) is 18.5 Å².